The Kier molecular flexibility index (Phi) is 11.4. The van der Waals surface area contributed by atoms with Gasteiger partial charge in [0.05, 0.1) is 31.7 Å². The Morgan fingerprint density at radius 2 is 1.92 bits per heavy atom. The van der Waals surface area contributed by atoms with Gasteiger partial charge in [-0.15, -0.1) is 0 Å². The summed E-state index contributed by atoms with van der Waals surface area (Å²) in [5.41, 5.74) is 5.46. The summed E-state index contributed by atoms with van der Waals surface area (Å²) >= 11 is 0. The Morgan fingerprint density at radius 3 is 2.59 bits per heavy atom. The first-order chi connectivity index (χ1) is 17.4. The lowest BCUT2D eigenvalue weighted by Gasteiger charge is -2.30. The van der Waals surface area contributed by atoms with Gasteiger partial charge in [0, 0.05) is 0 Å². The highest BCUT2D eigenvalue weighted by Crippen LogP contribution is 2.45. The predicted molar refractivity (Wildman–Crippen MR) is 138 cm³/mol. The number of anilines is 1. The molecule has 13 nitrogen and oxygen atoms in total. The van der Waals surface area contributed by atoms with Gasteiger partial charge in [0.15, 0.2) is 18.1 Å². The Hall–Kier alpha value is -2.60. The molecule has 0 amide bonds. The van der Waals surface area contributed by atoms with Gasteiger partial charge < -0.3 is 29.0 Å². The molecule has 2 unspecified atom stereocenters. The highest BCUT2D eigenvalue weighted by atomic mass is 31.2. The lowest BCUT2D eigenvalue weighted by atomic mass is 10.1. The van der Waals surface area contributed by atoms with Crippen molar-refractivity contribution in [2.45, 2.75) is 85.1 Å². The molecule has 0 fully saturated rings. The van der Waals surface area contributed by atoms with Crippen molar-refractivity contribution in [3.63, 3.8) is 0 Å². The molecule has 208 valence electrons. The molecule has 0 aliphatic carbocycles. The Balaban J connectivity index is 2.08. The lowest BCUT2D eigenvalue weighted by Crippen LogP contribution is -2.47. The fourth-order valence-corrected chi connectivity index (χ4v) is 5.22. The number of fused-ring (bicyclic) bond motifs is 1. The molecule has 2 aromatic heterocycles. The quantitative estimate of drug-likeness (QED) is 0.181. The number of carbonyl (C=O) groups excluding carboxylic acids is 2. The predicted octanol–water partition coefficient (Wildman–Crippen LogP) is 3.03. The van der Waals surface area contributed by atoms with Crippen LogP contribution >= 0.6 is 7.52 Å². The minimum atomic E-state index is -3.88. The van der Waals surface area contributed by atoms with Crippen LogP contribution in [0.4, 0.5) is 5.82 Å². The first kappa shape index (κ1) is 30.6. The lowest BCUT2D eigenvalue weighted by molar-refractivity contribution is -0.149. The smallest absolute Gasteiger partial charge is 0.332 e. The van der Waals surface area contributed by atoms with E-state index in [2.05, 4.69) is 20.0 Å². The second-order valence-corrected chi connectivity index (χ2v) is 11.6. The number of nitrogens with zero attached hydrogens (tertiary/aromatic N) is 4. The van der Waals surface area contributed by atoms with Crippen molar-refractivity contribution in [3.05, 3.63) is 12.7 Å². The monoisotopic (exact) mass is 542 g/mol. The van der Waals surface area contributed by atoms with Gasteiger partial charge >= 0.3 is 11.9 Å². The Labute approximate surface area is 217 Å². The van der Waals surface area contributed by atoms with Gasteiger partial charge in [-0.3, -0.25) is 9.36 Å². The van der Waals surface area contributed by atoms with Crippen molar-refractivity contribution in [2.75, 3.05) is 25.3 Å². The maximum atomic E-state index is 13.7. The fourth-order valence-electron chi connectivity index (χ4n) is 3.31. The minimum Gasteiger partial charge on any atom is -0.464 e. The van der Waals surface area contributed by atoms with Gasteiger partial charge in [0.25, 0.3) is 7.52 Å². The van der Waals surface area contributed by atoms with Crippen molar-refractivity contribution < 1.29 is 32.9 Å². The van der Waals surface area contributed by atoms with Crippen LogP contribution < -0.4 is 10.8 Å². The minimum absolute atomic E-state index is 0.254. The largest absolute Gasteiger partial charge is 0.464 e. The molecular weight excluding hydrogens is 503 g/mol. The third-order valence-electron chi connectivity index (χ3n) is 5.11. The molecule has 0 radical (unpaired) electrons. The molecule has 0 saturated carbocycles. The van der Waals surface area contributed by atoms with Crippen LogP contribution in [-0.2, 0) is 39.4 Å². The van der Waals surface area contributed by atoms with Crippen LogP contribution in [0, 0.1) is 0 Å². The molecule has 2 aromatic rings. The van der Waals surface area contributed by atoms with Crippen molar-refractivity contribution in [1.82, 2.24) is 24.6 Å². The number of hydrogen-bond donors (Lipinski definition) is 2. The number of hydrogen-bond acceptors (Lipinski definition) is 11. The van der Waals surface area contributed by atoms with Crippen LogP contribution in [0.2, 0.25) is 0 Å². The molecule has 2 rings (SSSR count). The summed E-state index contributed by atoms with van der Waals surface area (Å²) in [6.07, 6.45) is 4.29. The SMILES string of the molecule is CCCCCOC(=O)C(C)(C)NP(=O)(COC(C)Cn1cnc2c(N)ncnc21)OCC(=O)OC(C)C. The van der Waals surface area contributed by atoms with Gasteiger partial charge in [0.1, 0.15) is 23.7 Å². The topological polar surface area (TPSA) is 170 Å². The Morgan fingerprint density at radius 1 is 1.19 bits per heavy atom. The van der Waals surface area contributed by atoms with E-state index in [1.54, 1.807) is 31.7 Å². The fraction of sp³-hybridized carbons (Fsp3) is 0.696. The van der Waals surface area contributed by atoms with Gasteiger partial charge in [-0.1, -0.05) is 19.8 Å². The number of nitrogen functional groups attached to an aromatic ring is 1. The summed E-state index contributed by atoms with van der Waals surface area (Å²) in [7, 11) is -3.88. The summed E-state index contributed by atoms with van der Waals surface area (Å²) in [5.74, 6) is -1.02. The molecule has 2 heterocycles. The number of carbonyl (C=O) groups is 2. The molecule has 3 N–H and O–H groups in total. The number of imidazole rings is 1. The number of unbranched alkanes of at least 4 members (excludes halogenated alkanes) is 2. The van der Waals surface area contributed by atoms with Crippen LogP contribution in [-0.4, -0.2) is 68.8 Å². The molecule has 0 saturated heterocycles. The summed E-state index contributed by atoms with van der Waals surface area (Å²) in [6, 6.07) is 0. The zero-order chi connectivity index (χ0) is 27.6. The van der Waals surface area contributed by atoms with Crippen LogP contribution in [0.5, 0.6) is 0 Å². The van der Waals surface area contributed by atoms with Crippen molar-refractivity contribution in [1.29, 1.82) is 0 Å². The number of ether oxygens (including phenoxy) is 3. The molecular formula is C23H39N6O7P. The van der Waals surface area contributed by atoms with Gasteiger partial charge in [-0.2, -0.15) is 0 Å². The van der Waals surface area contributed by atoms with Gasteiger partial charge in [-0.05, 0) is 41.0 Å². The van der Waals surface area contributed by atoms with Crippen LogP contribution in [0.3, 0.4) is 0 Å². The zero-order valence-electron chi connectivity index (χ0n) is 22.4. The average molecular weight is 543 g/mol. The van der Waals surface area contributed by atoms with Crippen molar-refractivity contribution >= 4 is 36.4 Å². The first-order valence-electron chi connectivity index (χ1n) is 12.3. The number of esters is 2. The first-order valence-corrected chi connectivity index (χ1v) is 14.1. The van der Waals surface area contributed by atoms with E-state index < -0.39 is 44.1 Å². The van der Waals surface area contributed by atoms with E-state index in [1.165, 1.54) is 20.2 Å². The van der Waals surface area contributed by atoms with Crippen LogP contribution in [0.25, 0.3) is 11.2 Å². The van der Waals surface area contributed by atoms with E-state index in [0.717, 1.165) is 19.3 Å². The maximum Gasteiger partial charge on any atom is 0.332 e. The standard InChI is InChI=1S/C23H39N6O7P/c1-7-8-9-10-33-22(31)23(5,6)28-37(32,35-12-18(30)36-16(2)3)15-34-17(4)11-29-14-27-19-20(24)25-13-26-21(19)29/h13-14,16-17H,7-12,15H2,1-6H3,(H,28,32)(H2,24,25,26). The summed E-state index contributed by atoms with van der Waals surface area (Å²) < 4.78 is 37.2. The summed E-state index contributed by atoms with van der Waals surface area (Å²) in [5, 5.41) is 2.74. The van der Waals surface area contributed by atoms with E-state index in [4.69, 9.17) is 24.5 Å². The van der Waals surface area contributed by atoms with E-state index >= 15 is 0 Å². The molecule has 37 heavy (non-hydrogen) atoms. The molecule has 14 heteroatoms. The van der Waals surface area contributed by atoms with E-state index in [0.29, 0.717) is 17.7 Å². The molecule has 0 aliphatic rings. The van der Waals surface area contributed by atoms with E-state index in [9.17, 15) is 14.2 Å². The van der Waals surface area contributed by atoms with Crippen LogP contribution in [0.1, 0.15) is 60.8 Å². The second kappa shape index (κ2) is 13.8. The van der Waals surface area contributed by atoms with E-state index in [1.807, 2.05) is 6.92 Å². The highest BCUT2D eigenvalue weighted by Gasteiger charge is 2.39. The molecule has 0 aliphatic heterocycles. The maximum absolute atomic E-state index is 13.7. The third-order valence-corrected chi connectivity index (χ3v) is 7.05. The zero-order valence-corrected chi connectivity index (χ0v) is 23.3. The second-order valence-electron chi connectivity index (χ2n) is 9.50. The molecule has 0 spiro atoms. The number of aromatic nitrogens is 4. The van der Waals surface area contributed by atoms with Crippen molar-refractivity contribution in [3.8, 4) is 0 Å². The molecule has 0 bridgehead atoms. The number of nitrogens with two attached hydrogens (primary N) is 1. The summed E-state index contributed by atoms with van der Waals surface area (Å²) in [6.45, 7) is 10.2. The van der Waals surface area contributed by atoms with Gasteiger partial charge in [0.2, 0.25) is 0 Å². The molecule has 2 atom stereocenters. The number of nitrogens with one attached hydrogen (secondary N) is 1. The van der Waals surface area contributed by atoms with Crippen LogP contribution in [0.15, 0.2) is 12.7 Å². The highest BCUT2D eigenvalue weighted by molar-refractivity contribution is 7.56. The normalized spacial score (nSPS) is 14.5. The van der Waals surface area contributed by atoms with Crippen molar-refractivity contribution in [2.24, 2.45) is 0 Å². The molecule has 0 aromatic carbocycles. The van der Waals surface area contributed by atoms with E-state index in [-0.39, 0.29) is 18.5 Å². The average Bonchev–Trinajstić information content (AvgIpc) is 3.22. The summed E-state index contributed by atoms with van der Waals surface area (Å²) in [4.78, 5) is 37.0. The number of rotatable bonds is 16. The van der Waals surface area contributed by atoms with Gasteiger partial charge in [-0.25, -0.2) is 24.8 Å². The Bertz CT molecular complexity index is 1090. The third kappa shape index (κ3) is 9.66.